The number of para-hydroxylation sites is 1. The predicted molar refractivity (Wildman–Crippen MR) is 124 cm³/mol. The van der Waals surface area contributed by atoms with E-state index in [1.807, 2.05) is 30.3 Å². The predicted octanol–water partition coefficient (Wildman–Crippen LogP) is 4.19. The summed E-state index contributed by atoms with van der Waals surface area (Å²) >= 11 is 0. The van der Waals surface area contributed by atoms with E-state index in [-0.39, 0.29) is 5.82 Å². The van der Waals surface area contributed by atoms with Crippen molar-refractivity contribution in [3.63, 3.8) is 0 Å². The second kappa shape index (κ2) is 10.1. The van der Waals surface area contributed by atoms with Crippen LogP contribution in [-0.2, 0) is 14.3 Å². The number of rotatable bonds is 7. The van der Waals surface area contributed by atoms with Crippen LogP contribution in [0.1, 0.15) is 31.2 Å². The first kappa shape index (κ1) is 22.9. The number of ether oxygens (including phenoxy) is 1. The molecule has 0 atom stereocenters. The Labute approximate surface area is 196 Å². The molecule has 0 aliphatic heterocycles. The molecule has 34 heavy (non-hydrogen) atoms. The highest BCUT2D eigenvalue weighted by molar-refractivity contribution is 5.90. The van der Waals surface area contributed by atoms with Gasteiger partial charge in [0.1, 0.15) is 11.4 Å². The lowest BCUT2D eigenvalue weighted by atomic mass is 10.00. The summed E-state index contributed by atoms with van der Waals surface area (Å²) in [6, 6.07) is 17.5. The van der Waals surface area contributed by atoms with Gasteiger partial charge in [-0.15, -0.1) is 0 Å². The van der Waals surface area contributed by atoms with Crippen LogP contribution in [0, 0.1) is 17.1 Å². The molecule has 0 spiro atoms. The molecule has 1 aliphatic carbocycles. The van der Waals surface area contributed by atoms with Gasteiger partial charge in [-0.05, 0) is 68.2 Å². The topological polar surface area (TPSA) is 97.0 Å². The van der Waals surface area contributed by atoms with Crippen molar-refractivity contribution in [2.24, 2.45) is 0 Å². The van der Waals surface area contributed by atoms with Crippen LogP contribution in [0.25, 0.3) is 23.0 Å². The Kier molecular flexibility index (Phi) is 6.83. The minimum Gasteiger partial charge on any atom is -0.452 e. The third-order valence-corrected chi connectivity index (χ3v) is 5.68. The number of amides is 1. The van der Waals surface area contributed by atoms with Crippen LogP contribution in [0.2, 0.25) is 0 Å². The maximum absolute atomic E-state index is 13.4. The van der Waals surface area contributed by atoms with Crippen LogP contribution < -0.4 is 5.32 Å². The largest absolute Gasteiger partial charge is 0.452 e. The Morgan fingerprint density at radius 3 is 2.53 bits per heavy atom. The quantitative estimate of drug-likeness (QED) is 0.423. The molecule has 1 amide bonds. The Bertz CT molecular complexity index is 1240. The highest BCUT2D eigenvalue weighted by Gasteiger charge is 2.35. The van der Waals surface area contributed by atoms with Crippen LogP contribution in [-0.4, -0.2) is 33.8 Å². The Hall–Kier alpha value is -4.25. The normalized spacial score (nSPS) is 14.6. The van der Waals surface area contributed by atoms with Crippen LogP contribution in [0.5, 0.6) is 0 Å². The Morgan fingerprint density at radius 1 is 1.15 bits per heavy atom. The van der Waals surface area contributed by atoms with E-state index < -0.39 is 24.0 Å². The fourth-order valence-corrected chi connectivity index (χ4v) is 3.94. The van der Waals surface area contributed by atoms with E-state index in [4.69, 9.17) is 4.74 Å². The molecule has 1 fully saturated rings. The van der Waals surface area contributed by atoms with Gasteiger partial charge < -0.3 is 10.1 Å². The van der Waals surface area contributed by atoms with Gasteiger partial charge in [-0.25, -0.2) is 13.9 Å². The van der Waals surface area contributed by atoms with Crippen molar-refractivity contribution in [1.82, 2.24) is 15.1 Å². The summed E-state index contributed by atoms with van der Waals surface area (Å²) in [6.45, 7) is -0.472. The lowest BCUT2D eigenvalue weighted by molar-refractivity contribution is -0.144. The number of carbonyl (C=O) groups excluding carboxylic acids is 2. The number of esters is 1. The number of hydrogen-bond acceptors (Lipinski definition) is 5. The molecule has 8 heteroatoms. The summed E-state index contributed by atoms with van der Waals surface area (Å²) in [5.41, 5.74) is 1.81. The van der Waals surface area contributed by atoms with Crippen LogP contribution in [0.3, 0.4) is 0 Å². The first-order valence-electron chi connectivity index (χ1n) is 11.0. The minimum absolute atomic E-state index is 0.360. The van der Waals surface area contributed by atoms with Gasteiger partial charge in [-0.2, -0.15) is 10.4 Å². The number of nitriles is 1. The number of hydrogen-bond donors (Lipinski definition) is 1. The average molecular weight is 458 g/mol. The molecule has 1 N–H and O–H groups in total. The third kappa shape index (κ3) is 5.38. The minimum atomic E-state index is -0.866. The van der Waals surface area contributed by atoms with Gasteiger partial charge >= 0.3 is 5.97 Å². The summed E-state index contributed by atoms with van der Waals surface area (Å²) < 4.78 is 20.1. The second-order valence-corrected chi connectivity index (χ2v) is 8.11. The third-order valence-electron chi connectivity index (χ3n) is 5.68. The van der Waals surface area contributed by atoms with Crippen molar-refractivity contribution in [2.45, 2.75) is 31.2 Å². The van der Waals surface area contributed by atoms with E-state index in [2.05, 4.69) is 16.5 Å². The van der Waals surface area contributed by atoms with E-state index in [1.165, 1.54) is 18.2 Å². The van der Waals surface area contributed by atoms with E-state index in [9.17, 15) is 19.2 Å². The van der Waals surface area contributed by atoms with Crippen LogP contribution in [0.4, 0.5) is 4.39 Å². The molecule has 3 aromatic rings. The fraction of sp³-hybridized carbons (Fsp3) is 0.231. The smallest absolute Gasteiger partial charge is 0.331 e. The molecule has 7 nitrogen and oxygen atoms in total. The van der Waals surface area contributed by atoms with Gasteiger partial charge in [0.2, 0.25) is 0 Å². The molecule has 4 rings (SSSR count). The molecule has 172 valence electrons. The summed E-state index contributed by atoms with van der Waals surface area (Å²) in [6.07, 6.45) is 7.46. The summed E-state index contributed by atoms with van der Waals surface area (Å²) in [5, 5.41) is 16.6. The maximum Gasteiger partial charge on any atom is 0.331 e. The van der Waals surface area contributed by atoms with Gasteiger partial charge in [-0.1, -0.05) is 18.2 Å². The summed E-state index contributed by atoms with van der Waals surface area (Å²) in [4.78, 5) is 24.4. The zero-order valence-corrected chi connectivity index (χ0v) is 18.4. The Morgan fingerprint density at radius 2 is 1.85 bits per heavy atom. The molecule has 0 saturated heterocycles. The lowest BCUT2D eigenvalue weighted by Crippen LogP contribution is -2.46. The van der Waals surface area contributed by atoms with Gasteiger partial charge in [0, 0.05) is 23.4 Å². The fourth-order valence-electron chi connectivity index (χ4n) is 3.94. The average Bonchev–Trinajstić information content (AvgIpc) is 3.50. The monoisotopic (exact) mass is 458 g/mol. The Balaban J connectivity index is 1.47. The zero-order valence-electron chi connectivity index (χ0n) is 18.4. The molecule has 2 aromatic carbocycles. The van der Waals surface area contributed by atoms with Crippen LogP contribution >= 0.6 is 0 Å². The van der Waals surface area contributed by atoms with Crippen molar-refractivity contribution >= 4 is 18.0 Å². The first-order chi connectivity index (χ1) is 16.5. The summed E-state index contributed by atoms with van der Waals surface area (Å²) in [5.74, 6) is -1.57. The first-order valence-corrected chi connectivity index (χ1v) is 11.0. The molecule has 1 saturated carbocycles. The van der Waals surface area contributed by atoms with E-state index in [1.54, 1.807) is 29.1 Å². The molecule has 0 unspecified atom stereocenters. The zero-order chi connectivity index (χ0) is 24.0. The molecule has 0 radical (unpaired) electrons. The van der Waals surface area contributed by atoms with Crippen molar-refractivity contribution in [3.8, 4) is 23.0 Å². The van der Waals surface area contributed by atoms with Gasteiger partial charge in [-0.3, -0.25) is 4.79 Å². The van der Waals surface area contributed by atoms with Gasteiger partial charge in [0.25, 0.3) is 5.91 Å². The standard InChI is InChI=1S/C26H23FN4O3/c27-21-11-8-19(9-12-21)25-20(16-31(30-25)22-6-2-1-3-7-22)10-13-24(33)34-17-23(32)29-26(18-28)14-4-5-15-26/h1-3,6-13,16H,4-5,14-15,17H2,(H,29,32)/b13-10+. The van der Waals surface area contributed by atoms with Crippen molar-refractivity contribution < 1.29 is 18.7 Å². The molecular formula is C26H23FN4O3. The number of nitrogens with one attached hydrogen (secondary N) is 1. The molecule has 1 heterocycles. The molecule has 1 aromatic heterocycles. The van der Waals surface area contributed by atoms with Crippen molar-refractivity contribution in [1.29, 1.82) is 5.26 Å². The van der Waals surface area contributed by atoms with E-state index in [0.29, 0.717) is 29.7 Å². The highest BCUT2D eigenvalue weighted by Crippen LogP contribution is 2.29. The van der Waals surface area contributed by atoms with Crippen molar-refractivity contribution in [2.75, 3.05) is 6.61 Å². The van der Waals surface area contributed by atoms with E-state index >= 15 is 0 Å². The molecule has 0 bridgehead atoms. The second-order valence-electron chi connectivity index (χ2n) is 8.11. The van der Waals surface area contributed by atoms with Crippen LogP contribution in [0.15, 0.2) is 66.9 Å². The molecular weight excluding hydrogens is 435 g/mol. The SMILES string of the molecule is N#CC1(NC(=O)COC(=O)/C=C/c2cn(-c3ccccc3)nc2-c2ccc(F)cc2)CCCC1. The molecule has 1 aliphatic rings. The number of benzene rings is 2. The van der Waals surface area contributed by atoms with E-state index in [0.717, 1.165) is 18.5 Å². The lowest BCUT2D eigenvalue weighted by Gasteiger charge is -2.21. The highest BCUT2D eigenvalue weighted by atomic mass is 19.1. The van der Waals surface area contributed by atoms with Gasteiger partial charge in [0.05, 0.1) is 17.5 Å². The number of halogens is 1. The maximum atomic E-state index is 13.4. The van der Waals surface area contributed by atoms with Gasteiger partial charge in [0.15, 0.2) is 6.61 Å². The van der Waals surface area contributed by atoms with Crippen molar-refractivity contribution in [3.05, 3.63) is 78.3 Å². The number of nitrogens with zero attached hydrogens (tertiary/aromatic N) is 3. The number of aromatic nitrogens is 2. The summed E-state index contributed by atoms with van der Waals surface area (Å²) in [7, 11) is 0. The number of carbonyl (C=O) groups is 2.